The Kier molecular flexibility index (Phi) is 4.91. The number of hydrogen-bond acceptors (Lipinski definition) is 6. The molecule has 8 heteroatoms. The number of anilines is 1. The standard InChI is InChI=1S/C13H18N4O4/c1-21-10-2-5-14-13(16-10)17-6-3-9(4-7-17)12(20)15-8-11(18)19/h2,5,9H,3-4,6-8H2,1H3,(H,15,20)(H,18,19). The van der Waals surface area contributed by atoms with Gasteiger partial charge in [-0.15, -0.1) is 0 Å². The van der Waals surface area contributed by atoms with E-state index < -0.39 is 5.97 Å². The Morgan fingerprint density at radius 3 is 2.81 bits per heavy atom. The van der Waals surface area contributed by atoms with Crippen molar-refractivity contribution in [3.63, 3.8) is 0 Å². The van der Waals surface area contributed by atoms with E-state index in [0.717, 1.165) is 0 Å². The van der Waals surface area contributed by atoms with Gasteiger partial charge < -0.3 is 20.1 Å². The number of nitrogens with zero attached hydrogens (tertiary/aromatic N) is 3. The molecule has 1 amide bonds. The molecule has 2 N–H and O–H groups in total. The van der Waals surface area contributed by atoms with E-state index in [9.17, 15) is 9.59 Å². The van der Waals surface area contributed by atoms with Gasteiger partial charge in [0.05, 0.1) is 7.11 Å². The van der Waals surface area contributed by atoms with Gasteiger partial charge in [-0.25, -0.2) is 4.98 Å². The van der Waals surface area contributed by atoms with Crippen molar-refractivity contribution in [1.82, 2.24) is 15.3 Å². The Morgan fingerprint density at radius 2 is 2.19 bits per heavy atom. The number of carboxylic acid groups (broad SMARTS) is 1. The molecule has 1 saturated heterocycles. The Balaban J connectivity index is 1.87. The van der Waals surface area contributed by atoms with Gasteiger partial charge in [-0.05, 0) is 12.8 Å². The molecular weight excluding hydrogens is 276 g/mol. The van der Waals surface area contributed by atoms with Crippen molar-refractivity contribution >= 4 is 17.8 Å². The fourth-order valence-electron chi connectivity index (χ4n) is 2.25. The molecule has 2 heterocycles. The van der Waals surface area contributed by atoms with Crippen molar-refractivity contribution in [2.24, 2.45) is 5.92 Å². The fraction of sp³-hybridized carbons (Fsp3) is 0.538. The van der Waals surface area contributed by atoms with Crippen LogP contribution in [0.1, 0.15) is 12.8 Å². The molecule has 21 heavy (non-hydrogen) atoms. The molecule has 0 saturated carbocycles. The van der Waals surface area contributed by atoms with Crippen molar-refractivity contribution in [2.45, 2.75) is 12.8 Å². The molecule has 0 aliphatic carbocycles. The minimum atomic E-state index is -1.04. The molecule has 1 aromatic rings. The largest absolute Gasteiger partial charge is 0.481 e. The Labute approximate surface area is 122 Å². The third-order valence-electron chi connectivity index (χ3n) is 3.39. The lowest BCUT2D eigenvalue weighted by Gasteiger charge is -2.31. The monoisotopic (exact) mass is 294 g/mol. The summed E-state index contributed by atoms with van der Waals surface area (Å²) in [6.07, 6.45) is 2.92. The number of aromatic nitrogens is 2. The van der Waals surface area contributed by atoms with Crippen LogP contribution < -0.4 is 15.0 Å². The van der Waals surface area contributed by atoms with Gasteiger partial charge in [-0.1, -0.05) is 0 Å². The first-order valence-corrected chi connectivity index (χ1v) is 6.71. The van der Waals surface area contributed by atoms with E-state index in [-0.39, 0.29) is 18.4 Å². The molecule has 1 fully saturated rings. The van der Waals surface area contributed by atoms with Crippen molar-refractivity contribution in [1.29, 1.82) is 0 Å². The van der Waals surface area contributed by atoms with E-state index in [0.29, 0.717) is 37.8 Å². The summed E-state index contributed by atoms with van der Waals surface area (Å²) < 4.78 is 5.06. The number of piperidine rings is 1. The van der Waals surface area contributed by atoms with E-state index in [1.165, 1.54) is 0 Å². The molecule has 2 rings (SSSR count). The molecule has 0 spiro atoms. The van der Waals surface area contributed by atoms with Crippen LogP contribution in [0.4, 0.5) is 5.95 Å². The zero-order valence-corrected chi connectivity index (χ0v) is 11.8. The van der Waals surface area contributed by atoms with Crippen LogP contribution in [0.25, 0.3) is 0 Å². The molecule has 0 radical (unpaired) electrons. The maximum absolute atomic E-state index is 11.8. The van der Waals surface area contributed by atoms with Gasteiger partial charge in [-0.3, -0.25) is 9.59 Å². The van der Waals surface area contributed by atoms with Crippen molar-refractivity contribution in [3.8, 4) is 5.88 Å². The lowest BCUT2D eigenvalue weighted by Crippen LogP contribution is -2.42. The predicted octanol–water partition coefficient (Wildman–Crippen LogP) is -0.0976. The fourth-order valence-corrected chi connectivity index (χ4v) is 2.25. The van der Waals surface area contributed by atoms with Gasteiger partial charge in [0.25, 0.3) is 0 Å². The van der Waals surface area contributed by atoms with Gasteiger partial charge in [0, 0.05) is 31.3 Å². The molecule has 1 aliphatic heterocycles. The van der Waals surface area contributed by atoms with Crippen molar-refractivity contribution in [3.05, 3.63) is 12.3 Å². The van der Waals surface area contributed by atoms with Crippen LogP contribution in [-0.2, 0) is 9.59 Å². The highest BCUT2D eigenvalue weighted by atomic mass is 16.5. The average molecular weight is 294 g/mol. The second-order valence-electron chi connectivity index (χ2n) is 4.77. The number of methoxy groups -OCH3 is 1. The van der Waals surface area contributed by atoms with E-state index in [4.69, 9.17) is 9.84 Å². The van der Waals surface area contributed by atoms with Gasteiger partial charge in [-0.2, -0.15) is 4.98 Å². The molecule has 8 nitrogen and oxygen atoms in total. The summed E-state index contributed by atoms with van der Waals surface area (Å²) in [5.41, 5.74) is 0. The minimum Gasteiger partial charge on any atom is -0.481 e. The summed E-state index contributed by atoms with van der Waals surface area (Å²) in [7, 11) is 1.55. The topological polar surface area (TPSA) is 105 Å². The molecule has 0 aromatic carbocycles. The first-order valence-electron chi connectivity index (χ1n) is 6.71. The first-order chi connectivity index (χ1) is 10.1. The number of carbonyl (C=O) groups is 2. The molecule has 0 bridgehead atoms. The van der Waals surface area contributed by atoms with Gasteiger partial charge in [0.2, 0.25) is 17.7 Å². The highest BCUT2D eigenvalue weighted by molar-refractivity contribution is 5.83. The number of aliphatic carboxylic acids is 1. The second kappa shape index (κ2) is 6.87. The number of ether oxygens (including phenoxy) is 1. The quantitative estimate of drug-likeness (QED) is 0.781. The number of carbonyl (C=O) groups excluding carboxylic acids is 1. The van der Waals surface area contributed by atoms with Gasteiger partial charge in [0.1, 0.15) is 6.54 Å². The number of hydrogen-bond donors (Lipinski definition) is 2. The Hall–Kier alpha value is -2.38. The van der Waals surface area contributed by atoms with E-state index >= 15 is 0 Å². The van der Waals surface area contributed by atoms with Crippen LogP contribution >= 0.6 is 0 Å². The SMILES string of the molecule is COc1ccnc(N2CCC(C(=O)NCC(=O)O)CC2)n1. The third-order valence-corrected chi connectivity index (χ3v) is 3.39. The average Bonchev–Trinajstić information content (AvgIpc) is 2.52. The number of nitrogens with one attached hydrogen (secondary N) is 1. The van der Waals surface area contributed by atoms with Crippen LogP contribution in [0.15, 0.2) is 12.3 Å². The number of amides is 1. The normalized spacial score (nSPS) is 15.6. The van der Waals surface area contributed by atoms with Crippen LogP contribution in [0.2, 0.25) is 0 Å². The second-order valence-corrected chi connectivity index (χ2v) is 4.77. The number of carboxylic acids is 1. The smallest absolute Gasteiger partial charge is 0.322 e. The highest BCUT2D eigenvalue weighted by Crippen LogP contribution is 2.21. The first kappa shape index (κ1) is 15.0. The zero-order chi connectivity index (χ0) is 15.2. The zero-order valence-electron chi connectivity index (χ0n) is 11.8. The molecular formula is C13H18N4O4. The molecule has 1 aromatic heterocycles. The summed E-state index contributed by atoms with van der Waals surface area (Å²) in [4.78, 5) is 32.7. The van der Waals surface area contributed by atoms with Crippen LogP contribution in [-0.4, -0.2) is 53.7 Å². The summed E-state index contributed by atoms with van der Waals surface area (Å²) in [6, 6.07) is 1.68. The lowest BCUT2D eigenvalue weighted by atomic mass is 9.96. The van der Waals surface area contributed by atoms with E-state index in [2.05, 4.69) is 15.3 Å². The van der Waals surface area contributed by atoms with E-state index in [1.54, 1.807) is 19.4 Å². The minimum absolute atomic E-state index is 0.161. The Morgan fingerprint density at radius 1 is 1.48 bits per heavy atom. The van der Waals surface area contributed by atoms with Crippen LogP contribution in [0.3, 0.4) is 0 Å². The maximum Gasteiger partial charge on any atom is 0.322 e. The maximum atomic E-state index is 11.8. The van der Waals surface area contributed by atoms with Crippen molar-refractivity contribution in [2.75, 3.05) is 31.6 Å². The molecule has 0 unspecified atom stereocenters. The molecule has 1 aliphatic rings. The lowest BCUT2D eigenvalue weighted by molar-refractivity contribution is -0.138. The van der Waals surface area contributed by atoms with Gasteiger partial charge in [0.15, 0.2) is 0 Å². The van der Waals surface area contributed by atoms with Crippen LogP contribution in [0, 0.1) is 5.92 Å². The molecule has 114 valence electrons. The highest BCUT2D eigenvalue weighted by Gasteiger charge is 2.26. The van der Waals surface area contributed by atoms with Gasteiger partial charge >= 0.3 is 5.97 Å². The van der Waals surface area contributed by atoms with E-state index in [1.807, 2.05) is 4.90 Å². The predicted molar refractivity (Wildman–Crippen MR) is 74.2 cm³/mol. The van der Waals surface area contributed by atoms with Crippen molar-refractivity contribution < 1.29 is 19.4 Å². The number of rotatable bonds is 5. The summed E-state index contributed by atoms with van der Waals surface area (Å²) >= 11 is 0. The summed E-state index contributed by atoms with van der Waals surface area (Å²) in [5.74, 6) is -0.319. The molecule has 0 atom stereocenters. The summed E-state index contributed by atoms with van der Waals surface area (Å²) in [6.45, 7) is 0.967. The Bertz CT molecular complexity index is 515. The third kappa shape index (κ3) is 4.04. The summed E-state index contributed by atoms with van der Waals surface area (Å²) in [5, 5.41) is 11.0. The van der Waals surface area contributed by atoms with Crippen LogP contribution in [0.5, 0.6) is 5.88 Å².